The number of amides is 1. The van der Waals surface area contributed by atoms with Gasteiger partial charge in [0.05, 0.1) is 0 Å². The lowest BCUT2D eigenvalue weighted by atomic mass is 10.8. The van der Waals surface area contributed by atoms with Gasteiger partial charge >= 0.3 is 0 Å². The maximum atomic E-state index is 10.5. The first-order valence-corrected chi connectivity index (χ1v) is 4.22. The van der Waals surface area contributed by atoms with Crippen molar-refractivity contribution in [1.82, 2.24) is 0 Å². The molecule has 6 heteroatoms. The van der Waals surface area contributed by atoms with E-state index in [1.54, 1.807) is 0 Å². The average molecular weight is 165 g/mol. The van der Waals surface area contributed by atoms with Gasteiger partial charge in [-0.15, -0.1) is 0 Å². The second kappa shape index (κ2) is 3.31. The Hall–Kier alpha value is -0.910. The van der Waals surface area contributed by atoms with Crippen LogP contribution in [0.1, 0.15) is 0 Å². The summed E-state index contributed by atoms with van der Waals surface area (Å²) in [6.07, 6.45) is 0.221. The topological polar surface area (TPSA) is 94.3 Å². The highest BCUT2D eigenvalue weighted by Gasteiger charge is 2.12. The zero-order chi connectivity index (χ0) is 8.20. The predicted molar refractivity (Wildman–Crippen MR) is 33.9 cm³/mol. The van der Waals surface area contributed by atoms with E-state index in [2.05, 4.69) is 5.73 Å². The highest BCUT2D eigenvalue weighted by Crippen LogP contribution is 1.85. The Balaban J connectivity index is 4.14. The van der Waals surface area contributed by atoms with Crippen LogP contribution in [-0.2, 0) is 19.4 Å². The number of carbonyl (C=O) groups excluding carboxylic acids is 2. The van der Waals surface area contributed by atoms with Crippen molar-refractivity contribution in [3.8, 4) is 0 Å². The van der Waals surface area contributed by atoms with Crippen LogP contribution in [0.2, 0.25) is 0 Å². The Morgan fingerprint density at radius 1 is 1.50 bits per heavy atom. The third-order valence-electron chi connectivity index (χ3n) is 0.684. The van der Waals surface area contributed by atoms with Gasteiger partial charge in [-0.25, -0.2) is 8.42 Å². The molecule has 0 aliphatic rings. The summed E-state index contributed by atoms with van der Waals surface area (Å²) in [5.41, 5.74) is 4.57. The van der Waals surface area contributed by atoms with E-state index in [-0.39, 0.29) is 6.29 Å². The summed E-state index contributed by atoms with van der Waals surface area (Å²) in [6, 6.07) is 0. The molecule has 0 rings (SSSR count). The number of sulfone groups is 1. The lowest BCUT2D eigenvalue weighted by Crippen LogP contribution is -2.25. The minimum absolute atomic E-state index is 0.221. The van der Waals surface area contributed by atoms with Crippen LogP contribution in [0, 0.1) is 0 Å². The number of hydrogen-bond donors (Lipinski definition) is 1. The van der Waals surface area contributed by atoms with Crippen molar-refractivity contribution in [2.45, 2.75) is 0 Å². The molecule has 0 heterocycles. The number of aldehydes is 1. The number of nitrogens with two attached hydrogens (primary N) is 1. The van der Waals surface area contributed by atoms with E-state index >= 15 is 0 Å². The maximum Gasteiger partial charge on any atom is 0.232 e. The van der Waals surface area contributed by atoms with Crippen LogP contribution in [0.3, 0.4) is 0 Å². The van der Waals surface area contributed by atoms with Crippen LogP contribution in [0.4, 0.5) is 0 Å². The van der Waals surface area contributed by atoms with Gasteiger partial charge in [-0.05, 0) is 0 Å². The normalized spacial score (nSPS) is 10.8. The summed E-state index contributed by atoms with van der Waals surface area (Å²) in [4.78, 5) is 19.7. The minimum atomic E-state index is -3.57. The van der Waals surface area contributed by atoms with Crippen molar-refractivity contribution in [3.63, 3.8) is 0 Å². The standard InChI is InChI=1S/C4H7NO4S/c5-4(7)3-10(8,9)2-1-6/h1H,2-3H2,(H2,5,7). The van der Waals surface area contributed by atoms with Crippen molar-refractivity contribution in [1.29, 1.82) is 0 Å². The fraction of sp³-hybridized carbons (Fsp3) is 0.500. The molecule has 0 saturated carbocycles. The van der Waals surface area contributed by atoms with E-state index < -0.39 is 27.3 Å². The highest BCUT2D eigenvalue weighted by molar-refractivity contribution is 7.92. The smallest absolute Gasteiger partial charge is 0.232 e. The van der Waals surface area contributed by atoms with Gasteiger partial charge in [0.25, 0.3) is 0 Å². The van der Waals surface area contributed by atoms with Crippen LogP contribution in [0.25, 0.3) is 0 Å². The summed E-state index contributed by atoms with van der Waals surface area (Å²) in [5.74, 6) is -2.34. The Labute approximate surface area is 58.1 Å². The lowest BCUT2D eigenvalue weighted by molar-refractivity contribution is -0.115. The lowest BCUT2D eigenvalue weighted by Gasteiger charge is -1.92. The Morgan fingerprint density at radius 3 is 2.30 bits per heavy atom. The van der Waals surface area contributed by atoms with E-state index in [1.807, 2.05) is 0 Å². The molecule has 5 nitrogen and oxygen atoms in total. The number of carbonyl (C=O) groups is 2. The molecule has 0 unspecified atom stereocenters. The molecule has 1 amide bonds. The molecule has 0 aromatic rings. The van der Waals surface area contributed by atoms with Crippen molar-refractivity contribution < 1.29 is 18.0 Å². The van der Waals surface area contributed by atoms with E-state index in [0.717, 1.165) is 0 Å². The molecule has 0 atom stereocenters. The largest absolute Gasteiger partial charge is 0.369 e. The average Bonchev–Trinajstić information content (AvgIpc) is 1.59. The SMILES string of the molecule is NC(=O)CS(=O)(=O)CC=O. The van der Waals surface area contributed by atoms with Crippen LogP contribution in [0.15, 0.2) is 0 Å². The molecule has 0 fully saturated rings. The van der Waals surface area contributed by atoms with Gasteiger partial charge in [-0.3, -0.25) is 4.79 Å². The van der Waals surface area contributed by atoms with Gasteiger partial charge in [-0.1, -0.05) is 0 Å². The third kappa shape index (κ3) is 4.02. The molecule has 0 aliphatic carbocycles. The first kappa shape index (κ1) is 9.09. The minimum Gasteiger partial charge on any atom is -0.369 e. The highest BCUT2D eigenvalue weighted by atomic mass is 32.2. The first-order chi connectivity index (χ1) is 4.48. The molecule has 0 aromatic carbocycles. The van der Waals surface area contributed by atoms with Crippen molar-refractivity contribution in [2.75, 3.05) is 11.5 Å². The van der Waals surface area contributed by atoms with Gasteiger partial charge in [0.1, 0.15) is 17.8 Å². The molecule has 58 valence electrons. The zero-order valence-corrected chi connectivity index (χ0v) is 5.93. The molecular formula is C4H7NO4S. The Morgan fingerprint density at radius 2 is 2.00 bits per heavy atom. The summed E-state index contributed by atoms with van der Waals surface area (Å²) in [7, 11) is -3.57. The number of hydrogen-bond acceptors (Lipinski definition) is 4. The molecular weight excluding hydrogens is 158 g/mol. The summed E-state index contributed by atoms with van der Waals surface area (Å²) < 4.78 is 21.0. The number of primary amides is 1. The first-order valence-electron chi connectivity index (χ1n) is 2.40. The van der Waals surface area contributed by atoms with Crippen molar-refractivity contribution >= 4 is 22.0 Å². The molecule has 0 aromatic heterocycles. The van der Waals surface area contributed by atoms with Crippen LogP contribution in [-0.4, -0.2) is 32.1 Å². The third-order valence-corrected chi connectivity index (χ3v) is 2.05. The van der Waals surface area contributed by atoms with E-state index in [1.165, 1.54) is 0 Å². The van der Waals surface area contributed by atoms with E-state index in [9.17, 15) is 18.0 Å². The fourth-order valence-electron chi connectivity index (χ4n) is 0.379. The van der Waals surface area contributed by atoms with Gasteiger partial charge in [0, 0.05) is 0 Å². The number of rotatable bonds is 4. The zero-order valence-electron chi connectivity index (χ0n) is 5.11. The predicted octanol–water partition coefficient (Wildman–Crippen LogP) is -1.91. The molecule has 0 spiro atoms. The van der Waals surface area contributed by atoms with Crippen LogP contribution < -0.4 is 5.73 Å². The monoisotopic (exact) mass is 165 g/mol. The Kier molecular flexibility index (Phi) is 3.01. The molecule has 0 saturated heterocycles. The van der Waals surface area contributed by atoms with Crippen LogP contribution in [0.5, 0.6) is 0 Å². The van der Waals surface area contributed by atoms with E-state index in [4.69, 9.17) is 0 Å². The summed E-state index contributed by atoms with van der Waals surface area (Å²) >= 11 is 0. The second-order valence-corrected chi connectivity index (χ2v) is 3.80. The fourth-order valence-corrected chi connectivity index (χ4v) is 1.14. The molecule has 2 N–H and O–H groups in total. The molecule has 0 radical (unpaired) electrons. The Bertz CT molecular complexity index is 230. The van der Waals surface area contributed by atoms with Gasteiger partial charge in [0.15, 0.2) is 9.84 Å². The van der Waals surface area contributed by atoms with Crippen LogP contribution >= 0.6 is 0 Å². The van der Waals surface area contributed by atoms with Gasteiger partial charge in [-0.2, -0.15) is 0 Å². The maximum absolute atomic E-state index is 10.5. The quantitative estimate of drug-likeness (QED) is 0.491. The van der Waals surface area contributed by atoms with E-state index in [0.29, 0.717) is 0 Å². The molecule has 0 bridgehead atoms. The van der Waals surface area contributed by atoms with Gasteiger partial charge in [0.2, 0.25) is 5.91 Å². The second-order valence-electron chi connectivity index (χ2n) is 1.69. The summed E-state index contributed by atoms with van der Waals surface area (Å²) in [5, 5.41) is 0. The molecule has 0 aliphatic heterocycles. The van der Waals surface area contributed by atoms with Crippen molar-refractivity contribution in [3.05, 3.63) is 0 Å². The summed E-state index contributed by atoms with van der Waals surface area (Å²) in [6.45, 7) is 0. The van der Waals surface area contributed by atoms with Gasteiger partial charge < -0.3 is 10.5 Å². The molecule has 10 heavy (non-hydrogen) atoms. The van der Waals surface area contributed by atoms with Crippen molar-refractivity contribution in [2.24, 2.45) is 5.73 Å².